The second kappa shape index (κ2) is 8.17. The normalized spacial score (nSPS) is 23.1. The molecule has 1 fully saturated rings. The van der Waals surface area contributed by atoms with Crippen molar-refractivity contribution in [2.45, 2.75) is 52.2 Å². The van der Waals surface area contributed by atoms with Gasteiger partial charge in [0.05, 0.1) is 6.61 Å². The minimum atomic E-state index is -1.15. The molecule has 0 unspecified atom stereocenters. The summed E-state index contributed by atoms with van der Waals surface area (Å²) in [5.41, 5.74) is -0.443. The maximum atomic E-state index is 11.9. The molecule has 0 aromatic carbocycles. The highest BCUT2D eigenvalue weighted by atomic mass is 32.1. The lowest BCUT2D eigenvalue weighted by Gasteiger charge is -2.48. The van der Waals surface area contributed by atoms with E-state index in [9.17, 15) is 14.4 Å². The van der Waals surface area contributed by atoms with E-state index in [4.69, 9.17) is 14.6 Å². The SMILES string of the molecule is CC1(C)OCC(C)(C)[C@H](N(C=O)CCC(=O)N[C@@H](CS)C(=O)O)O1. The number of carboxylic acid groups (broad SMARTS) is 1. The van der Waals surface area contributed by atoms with Gasteiger partial charge in [0, 0.05) is 24.1 Å². The van der Waals surface area contributed by atoms with Crippen molar-refractivity contribution in [3.63, 3.8) is 0 Å². The number of amides is 2. The molecule has 1 aliphatic heterocycles. The molecule has 0 radical (unpaired) electrons. The van der Waals surface area contributed by atoms with Crippen LogP contribution in [0.5, 0.6) is 0 Å². The van der Waals surface area contributed by atoms with Gasteiger partial charge >= 0.3 is 5.97 Å². The molecule has 0 aromatic heterocycles. The van der Waals surface area contributed by atoms with E-state index in [-0.39, 0.29) is 18.7 Å². The Morgan fingerprint density at radius 1 is 1.42 bits per heavy atom. The van der Waals surface area contributed by atoms with E-state index < -0.39 is 35.3 Å². The molecule has 0 aliphatic carbocycles. The van der Waals surface area contributed by atoms with Crippen LogP contribution in [0.2, 0.25) is 0 Å². The van der Waals surface area contributed by atoms with Gasteiger partial charge in [0.1, 0.15) is 12.3 Å². The highest BCUT2D eigenvalue weighted by molar-refractivity contribution is 7.80. The Labute approximate surface area is 147 Å². The summed E-state index contributed by atoms with van der Waals surface area (Å²) in [6, 6.07) is -1.06. The van der Waals surface area contributed by atoms with Crippen molar-refractivity contribution in [2.24, 2.45) is 5.41 Å². The summed E-state index contributed by atoms with van der Waals surface area (Å²) in [5.74, 6) is -2.46. The largest absolute Gasteiger partial charge is 0.480 e. The number of hydrogen-bond acceptors (Lipinski definition) is 6. The summed E-state index contributed by atoms with van der Waals surface area (Å²) in [5, 5.41) is 11.3. The first-order valence-corrected chi connectivity index (χ1v) is 8.31. The average molecular weight is 362 g/mol. The van der Waals surface area contributed by atoms with E-state index in [1.807, 2.05) is 13.8 Å². The lowest BCUT2D eigenvalue weighted by atomic mass is 9.89. The molecule has 1 rings (SSSR count). The highest BCUT2D eigenvalue weighted by Crippen LogP contribution is 2.36. The molecule has 8 nitrogen and oxygen atoms in total. The van der Waals surface area contributed by atoms with Gasteiger partial charge in [0.15, 0.2) is 5.79 Å². The maximum Gasteiger partial charge on any atom is 0.327 e. The third-order valence-corrected chi connectivity index (χ3v) is 4.07. The van der Waals surface area contributed by atoms with E-state index in [1.54, 1.807) is 13.8 Å². The number of aliphatic carboxylic acids is 1. The summed E-state index contributed by atoms with van der Waals surface area (Å²) in [4.78, 5) is 35.7. The summed E-state index contributed by atoms with van der Waals surface area (Å²) in [6.07, 6.45) is 0.0498. The number of ether oxygens (including phenoxy) is 2. The van der Waals surface area contributed by atoms with Crippen LogP contribution >= 0.6 is 12.6 Å². The number of hydrogen-bond donors (Lipinski definition) is 3. The number of thiol groups is 1. The Balaban J connectivity index is 2.68. The van der Waals surface area contributed by atoms with Crippen LogP contribution in [0.25, 0.3) is 0 Å². The molecule has 0 spiro atoms. The summed E-state index contributed by atoms with van der Waals surface area (Å²) >= 11 is 3.89. The topological polar surface area (TPSA) is 105 Å². The van der Waals surface area contributed by atoms with E-state index in [2.05, 4.69) is 17.9 Å². The molecule has 0 saturated carbocycles. The van der Waals surface area contributed by atoms with Crippen molar-refractivity contribution < 1.29 is 29.0 Å². The molecular formula is C15H26N2O6S. The van der Waals surface area contributed by atoms with Crippen LogP contribution in [-0.2, 0) is 23.9 Å². The second-order valence-corrected chi connectivity index (χ2v) is 7.25. The standard InChI is InChI=1S/C15H26N2O6S/c1-14(2)8-22-15(3,4)23-13(14)17(9-18)6-5-11(19)16-10(7-24)12(20)21/h9-10,13,24H,5-8H2,1-4H3,(H,16,19)(H,20,21)/t10-,13+/m0/s1. The second-order valence-electron chi connectivity index (χ2n) is 6.88. The van der Waals surface area contributed by atoms with Crippen LogP contribution in [0, 0.1) is 5.41 Å². The van der Waals surface area contributed by atoms with Crippen molar-refractivity contribution in [3.05, 3.63) is 0 Å². The molecule has 0 aromatic rings. The van der Waals surface area contributed by atoms with Gasteiger partial charge < -0.3 is 24.8 Å². The van der Waals surface area contributed by atoms with Crippen molar-refractivity contribution in [2.75, 3.05) is 18.9 Å². The Kier molecular flexibility index (Phi) is 7.06. The van der Waals surface area contributed by atoms with Gasteiger partial charge in [0.25, 0.3) is 0 Å². The zero-order valence-electron chi connectivity index (χ0n) is 14.4. The Bertz CT molecular complexity index is 483. The predicted molar refractivity (Wildman–Crippen MR) is 89.5 cm³/mol. The quantitative estimate of drug-likeness (QED) is 0.428. The first kappa shape index (κ1) is 20.7. The minimum absolute atomic E-state index is 0.0111. The van der Waals surface area contributed by atoms with Gasteiger partial charge in [-0.2, -0.15) is 12.6 Å². The number of nitrogens with zero attached hydrogens (tertiary/aromatic N) is 1. The highest BCUT2D eigenvalue weighted by Gasteiger charge is 2.44. The molecule has 138 valence electrons. The zero-order chi connectivity index (χ0) is 18.5. The first-order chi connectivity index (χ1) is 11.0. The molecule has 1 aliphatic rings. The fourth-order valence-corrected chi connectivity index (χ4v) is 2.57. The van der Waals surface area contributed by atoms with Gasteiger partial charge in [-0.25, -0.2) is 4.79 Å². The molecule has 2 atom stereocenters. The van der Waals surface area contributed by atoms with Crippen molar-refractivity contribution in [3.8, 4) is 0 Å². The molecule has 24 heavy (non-hydrogen) atoms. The monoisotopic (exact) mass is 362 g/mol. The van der Waals surface area contributed by atoms with E-state index >= 15 is 0 Å². The molecule has 1 saturated heterocycles. The molecule has 0 bridgehead atoms. The van der Waals surface area contributed by atoms with Gasteiger partial charge in [-0.05, 0) is 13.8 Å². The summed E-state index contributed by atoms with van der Waals surface area (Å²) < 4.78 is 11.5. The Morgan fingerprint density at radius 2 is 2.04 bits per heavy atom. The Hall–Kier alpha value is -1.32. The van der Waals surface area contributed by atoms with Gasteiger partial charge in [-0.1, -0.05) is 13.8 Å². The van der Waals surface area contributed by atoms with E-state index in [1.165, 1.54) is 4.90 Å². The summed E-state index contributed by atoms with van der Waals surface area (Å²) in [6.45, 7) is 7.85. The van der Waals surface area contributed by atoms with E-state index in [0.29, 0.717) is 13.0 Å². The van der Waals surface area contributed by atoms with Crippen LogP contribution in [0.1, 0.15) is 34.1 Å². The smallest absolute Gasteiger partial charge is 0.327 e. The lowest BCUT2D eigenvalue weighted by molar-refractivity contribution is -0.336. The first-order valence-electron chi connectivity index (χ1n) is 7.68. The minimum Gasteiger partial charge on any atom is -0.480 e. The van der Waals surface area contributed by atoms with Crippen molar-refractivity contribution in [1.82, 2.24) is 10.2 Å². The fourth-order valence-electron chi connectivity index (χ4n) is 2.32. The summed E-state index contributed by atoms with van der Waals surface area (Å²) in [7, 11) is 0. The molecular weight excluding hydrogens is 336 g/mol. The molecule has 2 amide bonds. The number of nitrogens with one attached hydrogen (secondary N) is 1. The number of carboxylic acids is 1. The fraction of sp³-hybridized carbons (Fsp3) is 0.800. The molecule has 9 heteroatoms. The van der Waals surface area contributed by atoms with Crippen LogP contribution < -0.4 is 5.32 Å². The predicted octanol–water partition coefficient (Wildman–Crippen LogP) is 0.469. The number of carbonyl (C=O) groups excluding carboxylic acids is 2. The third-order valence-electron chi connectivity index (χ3n) is 3.71. The van der Waals surface area contributed by atoms with E-state index in [0.717, 1.165) is 0 Å². The van der Waals surface area contributed by atoms with Crippen LogP contribution in [-0.4, -0.2) is 65.3 Å². The maximum absolute atomic E-state index is 11.9. The zero-order valence-corrected chi connectivity index (χ0v) is 15.3. The van der Waals surface area contributed by atoms with Gasteiger partial charge in [-0.15, -0.1) is 0 Å². The Morgan fingerprint density at radius 3 is 2.54 bits per heavy atom. The lowest BCUT2D eigenvalue weighted by Crippen LogP contribution is -2.58. The van der Waals surface area contributed by atoms with Crippen molar-refractivity contribution >= 4 is 30.9 Å². The van der Waals surface area contributed by atoms with Crippen LogP contribution in [0.3, 0.4) is 0 Å². The average Bonchev–Trinajstić information content (AvgIpc) is 2.48. The molecule has 2 N–H and O–H groups in total. The van der Waals surface area contributed by atoms with Crippen LogP contribution in [0.15, 0.2) is 0 Å². The van der Waals surface area contributed by atoms with Gasteiger partial charge in [-0.3, -0.25) is 9.59 Å². The van der Waals surface area contributed by atoms with Crippen LogP contribution in [0.4, 0.5) is 0 Å². The number of rotatable bonds is 8. The third kappa shape index (κ3) is 5.64. The number of carbonyl (C=O) groups is 3. The van der Waals surface area contributed by atoms with Crippen molar-refractivity contribution in [1.29, 1.82) is 0 Å². The van der Waals surface area contributed by atoms with Gasteiger partial charge in [0.2, 0.25) is 12.3 Å². The molecule has 1 heterocycles.